The summed E-state index contributed by atoms with van der Waals surface area (Å²) in [5.41, 5.74) is 1.49. The van der Waals surface area contributed by atoms with Gasteiger partial charge in [-0.25, -0.2) is 4.99 Å². The normalized spacial score (nSPS) is 22.9. The fourth-order valence-corrected chi connectivity index (χ4v) is 5.19. The monoisotopic (exact) mass is 509 g/mol. The molecule has 0 aliphatic carbocycles. The van der Waals surface area contributed by atoms with Crippen LogP contribution < -0.4 is 10.6 Å². The zero-order chi connectivity index (χ0) is 25.8. The van der Waals surface area contributed by atoms with Crippen molar-refractivity contribution in [2.24, 2.45) is 10.9 Å². The lowest BCUT2D eigenvalue weighted by Gasteiger charge is -2.25. The maximum absolute atomic E-state index is 13.5. The highest BCUT2D eigenvalue weighted by Gasteiger charge is 2.31. The second-order valence-electron chi connectivity index (χ2n) is 10.1. The minimum atomic E-state index is -0.684. The lowest BCUT2D eigenvalue weighted by Crippen LogP contribution is -2.46. The fraction of sp³-hybridized carbons (Fsp3) is 0.556. The number of aliphatic imine (C=N–C) groups is 1. The highest BCUT2D eigenvalue weighted by molar-refractivity contribution is 6.06. The third-order valence-electron chi connectivity index (χ3n) is 7.27. The number of nitrogens with zero attached hydrogens (tertiary/aromatic N) is 3. The Balaban J connectivity index is 1.36. The van der Waals surface area contributed by atoms with Crippen molar-refractivity contribution >= 4 is 40.3 Å². The van der Waals surface area contributed by atoms with Gasteiger partial charge in [-0.15, -0.1) is 0 Å². The standard InChI is InChI=1S/C27H35N5O5/c1-18-14-20-15-21(7-8-23(20)37-18)28-27(30-25(34)19-9-13-36-17-19)29-22-6-2-3-12-32(26(22)35)16-24(33)31-10-4-5-11-31/h7-8,14-15,19,22H,2-6,9-13,16-17H2,1H3,(H2,28,29,30,34). The first-order valence-electron chi connectivity index (χ1n) is 13.3. The number of carbonyl (C=O) groups excluding carboxylic acids is 3. The Morgan fingerprint density at radius 3 is 2.68 bits per heavy atom. The van der Waals surface area contributed by atoms with E-state index in [0.29, 0.717) is 32.6 Å². The molecule has 0 spiro atoms. The summed E-state index contributed by atoms with van der Waals surface area (Å²) in [6.07, 6.45) is 4.85. The third-order valence-corrected chi connectivity index (χ3v) is 7.27. The summed E-state index contributed by atoms with van der Waals surface area (Å²) in [4.78, 5) is 47.3. The first-order valence-corrected chi connectivity index (χ1v) is 13.3. The summed E-state index contributed by atoms with van der Waals surface area (Å²) in [5, 5.41) is 7.04. The number of guanidine groups is 1. The number of carbonyl (C=O) groups is 3. The molecule has 3 aliphatic heterocycles. The van der Waals surface area contributed by atoms with Gasteiger partial charge in [-0.2, -0.15) is 0 Å². The van der Waals surface area contributed by atoms with Gasteiger partial charge in [0.2, 0.25) is 23.7 Å². The molecule has 0 bridgehead atoms. The zero-order valence-corrected chi connectivity index (χ0v) is 21.3. The van der Waals surface area contributed by atoms with E-state index in [4.69, 9.17) is 14.1 Å². The van der Waals surface area contributed by atoms with Crippen LogP contribution in [0, 0.1) is 12.8 Å². The van der Waals surface area contributed by atoms with Crippen LogP contribution in [0.15, 0.2) is 33.7 Å². The average molecular weight is 510 g/mol. The second-order valence-corrected chi connectivity index (χ2v) is 10.1. The van der Waals surface area contributed by atoms with E-state index in [1.807, 2.05) is 36.1 Å². The van der Waals surface area contributed by atoms with E-state index in [-0.39, 0.29) is 36.1 Å². The molecular formula is C27H35N5O5. The molecule has 5 rings (SSSR count). The van der Waals surface area contributed by atoms with Crippen molar-refractivity contribution in [2.75, 3.05) is 44.7 Å². The van der Waals surface area contributed by atoms with Gasteiger partial charge in [0.15, 0.2) is 0 Å². The first-order chi connectivity index (χ1) is 18.0. The van der Waals surface area contributed by atoms with Crippen LogP contribution in [-0.4, -0.2) is 78.9 Å². The maximum atomic E-state index is 13.5. The lowest BCUT2D eigenvalue weighted by atomic mass is 10.1. The number of anilines is 1. The Kier molecular flexibility index (Phi) is 7.73. The van der Waals surface area contributed by atoms with Crippen LogP contribution in [-0.2, 0) is 19.1 Å². The van der Waals surface area contributed by atoms with E-state index in [2.05, 4.69) is 10.6 Å². The molecule has 0 saturated carbocycles. The van der Waals surface area contributed by atoms with Gasteiger partial charge >= 0.3 is 0 Å². The summed E-state index contributed by atoms with van der Waals surface area (Å²) in [6.45, 7) is 4.94. The summed E-state index contributed by atoms with van der Waals surface area (Å²) >= 11 is 0. The number of aryl methyl sites for hydroxylation is 1. The van der Waals surface area contributed by atoms with E-state index in [1.165, 1.54) is 0 Å². The van der Waals surface area contributed by atoms with Crippen LogP contribution in [0.25, 0.3) is 11.0 Å². The number of furan rings is 1. The van der Waals surface area contributed by atoms with Crippen molar-refractivity contribution in [2.45, 2.75) is 51.5 Å². The molecule has 198 valence electrons. The second kappa shape index (κ2) is 11.3. The van der Waals surface area contributed by atoms with Crippen LogP contribution in [0.2, 0.25) is 0 Å². The topological polar surface area (TPSA) is 116 Å². The largest absolute Gasteiger partial charge is 0.461 e. The molecule has 37 heavy (non-hydrogen) atoms. The fourth-order valence-electron chi connectivity index (χ4n) is 5.19. The van der Waals surface area contributed by atoms with E-state index in [9.17, 15) is 14.4 Å². The van der Waals surface area contributed by atoms with Gasteiger partial charge in [-0.05, 0) is 69.7 Å². The highest BCUT2D eigenvalue weighted by Crippen LogP contribution is 2.23. The number of benzene rings is 1. The minimum absolute atomic E-state index is 0.00734. The van der Waals surface area contributed by atoms with Gasteiger partial charge < -0.3 is 24.3 Å². The summed E-state index contributed by atoms with van der Waals surface area (Å²) < 4.78 is 11.0. The van der Waals surface area contributed by atoms with Gasteiger partial charge in [-0.3, -0.25) is 19.7 Å². The number of rotatable bonds is 5. The van der Waals surface area contributed by atoms with Crippen molar-refractivity contribution < 1.29 is 23.5 Å². The van der Waals surface area contributed by atoms with Crippen LogP contribution in [0.5, 0.6) is 0 Å². The van der Waals surface area contributed by atoms with Gasteiger partial charge in [0, 0.05) is 37.3 Å². The third kappa shape index (κ3) is 6.12. The Morgan fingerprint density at radius 2 is 1.89 bits per heavy atom. The van der Waals surface area contributed by atoms with E-state index in [0.717, 1.165) is 61.2 Å². The Morgan fingerprint density at radius 1 is 1.08 bits per heavy atom. The first kappa shape index (κ1) is 25.3. The summed E-state index contributed by atoms with van der Waals surface area (Å²) in [6, 6.07) is 6.88. The molecule has 10 nitrogen and oxygen atoms in total. The minimum Gasteiger partial charge on any atom is -0.461 e. The molecule has 3 aliphatic rings. The molecule has 2 atom stereocenters. The Bertz CT molecular complexity index is 1180. The predicted molar refractivity (Wildman–Crippen MR) is 139 cm³/mol. The van der Waals surface area contributed by atoms with E-state index in [1.54, 1.807) is 4.90 Å². The number of fused-ring (bicyclic) bond motifs is 1. The molecule has 3 fully saturated rings. The average Bonchev–Trinajstić information content (AvgIpc) is 3.64. The number of amides is 3. The zero-order valence-electron chi connectivity index (χ0n) is 21.3. The lowest BCUT2D eigenvalue weighted by molar-refractivity contribution is -0.140. The van der Waals surface area contributed by atoms with E-state index < -0.39 is 6.04 Å². The molecule has 2 unspecified atom stereocenters. The smallest absolute Gasteiger partial charge is 0.247 e. The van der Waals surface area contributed by atoms with Gasteiger partial charge in [-0.1, -0.05) is 0 Å². The highest BCUT2D eigenvalue weighted by atomic mass is 16.5. The van der Waals surface area contributed by atoms with Crippen molar-refractivity contribution in [3.05, 3.63) is 30.0 Å². The summed E-state index contributed by atoms with van der Waals surface area (Å²) in [7, 11) is 0. The summed E-state index contributed by atoms with van der Waals surface area (Å²) in [5.74, 6) is 0.401. The molecule has 3 saturated heterocycles. The number of hydrogen-bond acceptors (Lipinski definition) is 6. The van der Waals surface area contributed by atoms with Crippen LogP contribution in [0.1, 0.15) is 44.3 Å². The maximum Gasteiger partial charge on any atom is 0.247 e. The molecule has 1 aromatic carbocycles. The molecule has 2 aromatic rings. The predicted octanol–water partition coefficient (Wildman–Crippen LogP) is 2.67. The van der Waals surface area contributed by atoms with E-state index >= 15 is 0 Å². The van der Waals surface area contributed by atoms with Crippen molar-refractivity contribution in [3.8, 4) is 0 Å². The SMILES string of the molecule is Cc1cc2cc(NC(=NC3CCCCN(CC(=O)N4CCCC4)C3=O)NC(=O)C3CCOC3)ccc2o1. The van der Waals surface area contributed by atoms with Gasteiger partial charge in [0.25, 0.3) is 0 Å². The number of hydrogen-bond donors (Lipinski definition) is 2. The molecule has 2 N–H and O–H groups in total. The van der Waals surface area contributed by atoms with Crippen LogP contribution in [0.4, 0.5) is 5.69 Å². The Labute approximate surface area is 216 Å². The molecule has 3 amide bonds. The molecule has 10 heteroatoms. The van der Waals surface area contributed by atoms with Crippen LogP contribution >= 0.6 is 0 Å². The number of ether oxygens (including phenoxy) is 1. The van der Waals surface area contributed by atoms with Crippen molar-refractivity contribution in [1.82, 2.24) is 15.1 Å². The molecule has 4 heterocycles. The quantitative estimate of drug-likeness (QED) is 0.473. The van der Waals surface area contributed by atoms with Crippen LogP contribution in [0.3, 0.4) is 0 Å². The van der Waals surface area contributed by atoms with Gasteiger partial charge in [0.1, 0.15) is 17.4 Å². The number of nitrogens with one attached hydrogen (secondary N) is 2. The molecular weight excluding hydrogens is 474 g/mol. The molecule has 0 radical (unpaired) electrons. The Hall–Kier alpha value is -3.40. The van der Waals surface area contributed by atoms with Crippen molar-refractivity contribution in [3.63, 3.8) is 0 Å². The van der Waals surface area contributed by atoms with Gasteiger partial charge in [0.05, 0.1) is 19.1 Å². The number of likely N-dealkylation sites (tertiary alicyclic amines) is 2. The molecule has 1 aromatic heterocycles. The van der Waals surface area contributed by atoms with Crippen molar-refractivity contribution in [1.29, 1.82) is 0 Å².